The molecule has 0 aliphatic carbocycles. The molecule has 1 amide bonds. The number of fused-ring (bicyclic) bond motifs is 1. The van der Waals surface area contributed by atoms with E-state index in [0.29, 0.717) is 12.2 Å². The number of carbonyl (C=O) groups is 1. The number of aromatic nitrogens is 2. The van der Waals surface area contributed by atoms with Gasteiger partial charge in [-0.2, -0.15) is 5.10 Å². The maximum Gasteiger partial charge on any atom is 0.272 e. The summed E-state index contributed by atoms with van der Waals surface area (Å²) in [4.78, 5) is 13.4. The van der Waals surface area contributed by atoms with Gasteiger partial charge < -0.3 is 10.6 Å². The van der Waals surface area contributed by atoms with Crippen LogP contribution in [0.25, 0.3) is 0 Å². The molecule has 2 rings (SSSR count). The van der Waals surface area contributed by atoms with Crippen LogP contribution in [0.5, 0.6) is 0 Å². The van der Waals surface area contributed by atoms with Gasteiger partial charge in [0, 0.05) is 25.7 Å². The van der Waals surface area contributed by atoms with Crippen LogP contribution in [0, 0.1) is 0 Å². The normalized spacial score (nSPS) is 16.2. The topological polar surface area (TPSA) is 64.2 Å². The molecule has 0 atom stereocenters. The van der Waals surface area contributed by atoms with E-state index in [1.807, 2.05) is 0 Å². The largest absolute Gasteiger partial charge is 0.339 e. The number of hydrogen-bond donors (Lipinski definition) is 1. The van der Waals surface area contributed by atoms with E-state index in [-0.39, 0.29) is 5.91 Å². The summed E-state index contributed by atoms with van der Waals surface area (Å²) >= 11 is 0. The van der Waals surface area contributed by atoms with Crippen LogP contribution >= 0.6 is 0 Å². The fraction of sp³-hybridized carbons (Fsp3) is 0.500. The number of carbonyl (C=O) groups excluding carboxylic acids is 1. The first-order chi connectivity index (χ1) is 6.24. The molecule has 1 aromatic rings. The molecule has 70 valence electrons. The predicted molar refractivity (Wildman–Crippen MR) is 47.1 cm³/mol. The molecular weight excluding hydrogens is 168 g/mol. The molecule has 5 nitrogen and oxygen atoms in total. The third-order valence-corrected chi connectivity index (χ3v) is 2.33. The van der Waals surface area contributed by atoms with Crippen molar-refractivity contribution in [1.29, 1.82) is 0 Å². The second-order valence-electron chi connectivity index (χ2n) is 3.17. The van der Waals surface area contributed by atoms with E-state index < -0.39 is 0 Å². The fourth-order valence-electron chi connectivity index (χ4n) is 1.52. The summed E-state index contributed by atoms with van der Waals surface area (Å²) in [6.45, 7) is 1.85. The molecule has 2 N–H and O–H groups in total. The smallest absolute Gasteiger partial charge is 0.272 e. The van der Waals surface area contributed by atoms with Crippen molar-refractivity contribution in [2.75, 3.05) is 13.6 Å². The van der Waals surface area contributed by atoms with Gasteiger partial charge in [0.15, 0.2) is 0 Å². The second-order valence-corrected chi connectivity index (χ2v) is 3.17. The minimum absolute atomic E-state index is 0.0178. The summed E-state index contributed by atoms with van der Waals surface area (Å²) in [6.07, 6.45) is 1.67. The lowest BCUT2D eigenvalue weighted by atomic mass is 10.2. The monoisotopic (exact) mass is 180 g/mol. The number of likely N-dealkylation sites (N-methyl/N-ethyl adjacent to an activating group) is 1. The highest BCUT2D eigenvalue weighted by atomic mass is 16.2. The SMILES string of the molecule is CN1CCn2ncc(CN)c2C1=O. The highest BCUT2D eigenvalue weighted by Crippen LogP contribution is 2.14. The van der Waals surface area contributed by atoms with E-state index in [1.165, 1.54) is 0 Å². The van der Waals surface area contributed by atoms with Gasteiger partial charge in [0.25, 0.3) is 5.91 Å². The number of nitrogens with two attached hydrogens (primary N) is 1. The molecule has 1 aliphatic rings. The molecule has 1 aliphatic heterocycles. The fourth-order valence-corrected chi connectivity index (χ4v) is 1.52. The van der Waals surface area contributed by atoms with E-state index in [0.717, 1.165) is 18.7 Å². The van der Waals surface area contributed by atoms with Gasteiger partial charge in [0.2, 0.25) is 0 Å². The highest BCUT2D eigenvalue weighted by molar-refractivity contribution is 5.94. The summed E-state index contributed by atoms with van der Waals surface area (Å²) in [6, 6.07) is 0. The lowest BCUT2D eigenvalue weighted by Crippen LogP contribution is -2.38. The zero-order chi connectivity index (χ0) is 9.42. The van der Waals surface area contributed by atoms with Crippen LogP contribution in [0.2, 0.25) is 0 Å². The molecule has 0 spiro atoms. The first kappa shape index (κ1) is 8.25. The zero-order valence-corrected chi connectivity index (χ0v) is 7.53. The Balaban J connectivity index is 2.49. The van der Waals surface area contributed by atoms with Crippen molar-refractivity contribution in [1.82, 2.24) is 14.7 Å². The molecule has 0 bridgehead atoms. The number of amides is 1. The average molecular weight is 180 g/mol. The summed E-state index contributed by atoms with van der Waals surface area (Å²) < 4.78 is 1.73. The van der Waals surface area contributed by atoms with Crippen molar-refractivity contribution in [2.24, 2.45) is 5.73 Å². The Morgan fingerprint density at radius 2 is 2.38 bits per heavy atom. The van der Waals surface area contributed by atoms with Crippen LogP contribution in [0.3, 0.4) is 0 Å². The Bertz CT molecular complexity index is 330. The van der Waals surface area contributed by atoms with Crippen LogP contribution in [-0.4, -0.2) is 34.2 Å². The van der Waals surface area contributed by atoms with Crippen molar-refractivity contribution < 1.29 is 4.79 Å². The molecule has 0 saturated carbocycles. The summed E-state index contributed by atoms with van der Waals surface area (Å²) in [7, 11) is 1.79. The Kier molecular flexibility index (Phi) is 1.81. The van der Waals surface area contributed by atoms with Crippen LogP contribution < -0.4 is 5.73 Å². The lowest BCUT2D eigenvalue weighted by molar-refractivity contribution is 0.0741. The molecule has 0 unspecified atom stereocenters. The first-order valence-corrected chi connectivity index (χ1v) is 4.24. The molecule has 1 aromatic heterocycles. The molecule has 5 heteroatoms. The molecule has 0 aromatic carbocycles. The quantitative estimate of drug-likeness (QED) is 0.629. The Hall–Kier alpha value is -1.36. The van der Waals surface area contributed by atoms with Crippen molar-refractivity contribution in [3.05, 3.63) is 17.5 Å². The third-order valence-electron chi connectivity index (χ3n) is 2.33. The molecule has 0 saturated heterocycles. The van der Waals surface area contributed by atoms with Gasteiger partial charge in [0.05, 0.1) is 12.7 Å². The molecule has 0 fully saturated rings. The average Bonchev–Trinajstić information content (AvgIpc) is 2.55. The van der Waals surface area contributed by atoms with E-state index in [1.54, 1.807) is 22.8 Å². The number of nitrogens with zero attached hydrogens (tertiary/aromatic N) is 3. The predicted octanol–water partition coefficient (Wildman–Crippen LogP) is -0.573. The minimum Gasteiger partial charge on any atom is -0.339 e. The van der Waals surface area contributed by atoms with Crippen LogP contribution in [0.15, 0.2) is 6.20 Å². The maximum atomic E-state index is 11.7. The van der Waals surface area contributed by atoms with Gasteiger partial charge in [-0.25, -0.2) is 0 Å². The van der Waals surface area contributed by atoms with Gasteiger partial charge in [0.1, 0.15) is 5.69 Å². The first-order valence-electron chi connectivity index (χ1n) is 4.24. The lowest BCUT2D eigenvalue weighted by Gasteiger charge is -2.23. The van der Waals surface area contributed by atoms with E-state index >= 15 is 0 Å². The van der Waals surface area contributed by atoms with Gasteiger partial charge in [-0.3, -0.25) is 9.48 Å². The van der Waals surface area contributed by atoms with Crippen LogP contribution in [0.4, 0.5) is 0 Å². The van der Waals surface area contributed by atoms with E-state index in [2.05, 4.69) is 5.10 Å². The number of hydrogen-bond acceptors (Lipinski definition) is 3. The summed E-state index contributed by atoms with van der Waals surface area (Å²) in [5.41, 5.74) is 6.98. The van der Waals surface area contributed by atoms with Crippen molar-refractivity contribution >= 4 is 5.91 Å². The van der Waals surface area contributed by atoms with Crippen LogP contribution in [-0.2, 0) is 13.1 Å². The zero-order valence-electron chi connectivity index (χ0n) is 7.53. The third kappa shape index (κ3) is 1.12. The molecule has 2 heterocycles. The summed E-state index contributed by atoms with van der Waals surface area (Å²) in [5, 5.41) is 4.10. The molecule has 0 radical (unpaired) electrons. The summed E-state index contributed by atoms with van der Waals surface area (Å²) in [5.74, 6) is 0.0178. The van der Waals surface area contributed by atoms with Crippen LogP contribution in [0.1, 0.15) is 16.1 Å². The standard InChI is InChI=1S/C8H12N4O/c1-11-2-3-12-7(8(11)13)6(4-9)5-10-12/h5H,2-4,9H2,1H3. The van der Waals surface area contributed by atoms with Gasteiger partial charge in [-0.1, -0.05) is 0 Å². The Labute approximate surface area is 76.1 Å². The van der Waals surface area contributed by atoms with Gasteiger partial charge in [-0.05, 0) is 0 Å². The highest BCUT2D eigenvalue weighted by Gasteiger charge is 2.25. The van der Waals surface area contributed by atoms with E-state index in [9.17, 15) is 4.79 Å². The van der Waals surface area contributed by atoms with Gasteiger partial charge in [-0.15, -0.1) is 0 Å². The Morgan fingerprint density at radius 3 is 3.08 bits per heavy atom. The van der Waals surface area contributed by atoms with Gasteiger partial charge >= 0.3 is 0 Å². The second kappa shape index (κ2) is 2.85. The molecule has 13 heavy (non-hydrogen) atoms. The maximum absolute atomic E-state index is 11.7. The van der Waals surface area contributed by atoms with Crippen molar-refractivity contribution in [3.63, 3.8) is 0 Å². The van der Waals surface area contributed by atoms with Crippen molar-refractivity contribution in [3.8, 4) is 0 Å². The minimum atomic E-state index is 0.0178. The molecular formula is C8H12N4O. The Morgan fingerprint density at radius 1 is 1.62 bits per heavy atom. The van der Waals surface area contributed by atoms with Crippen molar-refractivity contribution in [2.45, 2.75) is 13.1 Å². The van der Waals surface area contributed by atoms with E-state index in [4.69, 9.17) is 5.73 Å². The number of rotatable bonds is 1.